The number of nitrogens with one attached hydrogen (secondary N) is 1. The first-order chi connectivity index (χ1) is 8.00. The van der Waals surface area contributed by atoms with Crippen molar-refractivity contribution in [3.8, 4) is 0 Å². The Balaban J connectivity index is 2.71. The second-order valence-electron chi connectivity index (χ2n) is 4.88. The first kappa shape index (κ1) is 13.7. The van der Waals surface area contributed by atoms with Crippen LogP contribution < -0.4 is 5.32 Å². The molecule has 0 saturated heterocycles. The van der Waals surface area contributed by atoms with E-state index in [9.17, 15) is 9.90 Å². The summed E-state index contributed by atoms with van der Waals surface area (Å²) < 4.78 is 0. The number of carbonyl (C=O) groups is 1. The molecule has 2 N–H and O–H groups in total. The molecule has 94 valence electrons. The number of rotatable bonds is 6. The van der Waals surface area contributed by atoms with Crippen molar-refractivity contribution in [3.63, 3.8) is 0 Å². The highest BCUT2D eigenvalue weighted by atomic mass is 16.4. The minimum absolute atomic E-state index is 0.191. The van der Waals surface area contributed by atoms with Gasteiger partial charge >= 0.3 is 5.97 Å². The lowest BCUT2D eigenvalue weighted by molar-refractivity contribution is -0.139. The van der Waals surface area contributed by atoms with Gasteiger partial charge in [0.15, 0.2) is 0 Å². The normalized spacial score (nSPS) is 14.6. The van der Waals surface area contributed by atoms with Gasteiger partial charge in [-0.25, -0.2) is 0 Å². The monoisotopic (exact) mass is 235 g/mol. The number of aliphatic carboxylic acids is 1. The molecule has 2 unspecified atom stereocenters. The third-order valence-electron chi connectivity index (χ3n) is 2.66. The SMILES string of the molecule is CC(C)CC(C)NC(C(=O)O)c1ccccc1. The van der Waals surface area contributed by atoms with E-state index in [1.165, 1.54) is 0 Å². The first-order valence-corrected chi connectivity index (χ1v) is 6.04. The molecule has 0 spiro atoms. The van der Waals surface area contributed by atoms with Crippen LogP contribution in [0.1, 0.15) is 38.8 Å². The van der Waals surface area contributed by atoms with E-state index in [0.29, 0.717) is 5.92 Å². The van der Waals surface area contributed by atoms with Gasteiger partial charge in [-0.3, -0.25) is 10.1 Å². The summed E-state index contributed by atoms with van der Waals surface area (Å²) in [6.45, 7) is 6.30. The van der Waals surface area contributed by atoms with Crippen molar-refractivity contribution in [2.45, 2.75) is 39.3 Å². The van der Waals surface area contributed by atoms with Crippen LogP contribution in [0.15, 0.2) is 30.3 Å². The molecule has 3 heteroatoms. The summed E-state index contributed by atoms with van der Waals surface area (Å²) in [6, 6.07) is 8.86. The van der Waals surface area contributed by atoms with E-state index in [1.54, 1.807) is 0 Å². The third kappa shape index (κ3) is 4.57. The average Bonchev–Trinajstić information content (AvgIpc) is 2.25. The number of hydrogen-bond acceptors (Lipinski definition) is 2. The number of hydrogen-bond donors (Lipinski definition) is 2. The van der Waals surface area contributed by atoms with Gasteiger partial charge in [-0.15, -0.1) is 0 Å². The van der Waals surface area contributed by atoms with Crippen LogP contribution in [0.4, 0.5) is 0 Å². The summed E-state index contributed by atoms with van der Waals surface area (Å²) in [4.78, 5) is 11.3. The highest BCUT2D eigenvalue weighted by molar-refractivity contribution is 5.75. The van der Waals surface area contributed by atoms with Crippen LogP contribution in [-0.2, 0) is 4.79 Å². The Morgan fingerprint density at radius 2 is 1.82 bits per heavy atom. The van der Waals surface area contributed by atoms with Gasteiger partial charge < -0.3 is 5.11 Å². The Morgan fingerprint density at radius 1 is 1.24 bits per heavy atom. The average molecular weight is 235 g/mol. The maximum Gasteiger partial charge on any atom is 0.325 e. The van der Waals surface area contributed by atoms with E-state index in [1.807, 2.05) is 37.3 Å². The molecule has 1 aromatic carbocycles. The fraction of sp³-hybridized carbons (Fsp3) is 0.500. The summed E-state index contributed by atoms with van der Waals surface area (Å²) in [7, 11) is 0. The Hall–Kier alpha value is -1.35. The lowest BCUT2D eigenvalue weighted by atomic mass is 10.0. The molecule has 2 atom stereocenters. The van der Waals surface area contributed by atoms with Crippen LogP contribution in [0.25, 0.3) is 0 Å². The van der Waals surface area contributed by atoms with Gasteiger partial charge in [0.2, 0.25) is 0 Å². The van der Waals surface area contributed by atoms with Gasteiger partial charge in [-0.05, 0) is 24.8 Å². The van der Waals surface area contributed by atoms with Crippen molar-refractivity contribution in [1.29, 1.82) is 0 Å². The van der Waals surface area contributed by atoms with E-state index >= 15 is 0 Å². The molecule has 0 aliphatic carbocycles. The van der Waals surface area contributed by atoms with Crippen molar-refractivity contribution >= 4 is 5.97 Å². The van der Waals surface area contributed by atoms with Crippen molar-refractivity contribution in [3.05, 3.63) is 35.9 Å². The van der Waals surface area contributed by atoms with Crippen molar-refractivity contribution in [1.82, 2.24) is 5.32 Å². The van der Waals surface area contributed by atoms with Gasteiger partial charge in [-0.2, -0.15) is 0 Å². The van der Waals surface area contributed by atoms with Crippen LogP contribution in [0.5, 0.6) is 0 Å². The quantitative estimate of drug-likeness (QED) is 0.797. The zero-order valence-electron chi connectivity index (χ0n) is 10.7. The number of benzene rings is 1. The van der Waals surface area contributed by atoms with E-state index in [2.05, 4.69) is 19.2 Å². The Kier molecular flexibility index (Phi) is 5.16. The molecule has 0 bridgehead atoms. The lowest BCUT2D eigenvalue weighted by Gasteiger charge is -2.21. The summed E-state index contributed by atoms with van der Waals surface area (Å²) in [5.74, 6) is -0.269. The minimum Gasteiger partial charge on any atom is -0.480 e. The standard InChI is InChI=1S/C14H21NO2/c1-10(2)9-11(3)15-13(14(16)17)12-7-5-4-6-8-12/h4-8,10-11,13,15H,9H2,1-3H3,(H,16,17). The van der Waals surface area contributed by atoms with E-state index < -0.39 is 12.0 Å². The Morgan fingerprint density at radius 3 is 2.29 bits per heavy atom. The van der Waals surface area contributed by atoms with Crippen LogP contribution >= 0.6 is 0 Å². The van der Waals surface area contributed by atoms with Crippen molar-refractivity contribution < 1.29 is 9.90 Å². The highest BCUT2D eigenvalue weighted by Crippen LogP contribution is 2.15. The smallest absolute Gasteiger partial charge is 0.325 e. The van der Waals surface area contributed by atoms with Gasteiger partial charge in [0, 0.05) is 6.04 Å². The van der Waals surface area contributed by atoms with Gasteiger partial charge in [0.25, 0.3) is 0 Å². The Labute approximate surface area is 103 Å². The molecule has 0 fully saturated rings. The largest absolute Gasteiger partial charge is 0.480 e. The summed E-state index contributed by atoms with van der Waals surface area (Å²) in [5, 5.41) is 12.4. The fourth-order valence-electron chi connectivity index (χ4n) is 2.02. The predicted molar refractivity (Wildman–Crippen MR) is 68.9 cm³/mol. The summed E-state index contributed by atoms with van der Waals surface area (Å²) >= 11 is 0. The van der Waals surface area contributed by atoms with Crippen LogP contribution in [0, 0.1) is 5.92 Å². The number of carboxylic acids is 1. The minimum atomic E-state index is -0.827. The molecule has 0 saturated carbocycles. The van der Waals surface area contributed by atoms with Crippen molar-refractivity contribution in [2.75, 3.05) is 0 Å². The van der Waals surface area contributed by atoms with Crippen LogP contribution in [0.2, 0.25) is 0 Å². The molecule has 0 aromatic heterocycles. The zero-order valence-corrected chi connectivity index (χ0v) is 10.7. The molecule has 0 heterocycles. The van der Waals surface area contributed by atoms with E-state index in [4.69, 9.17) is 0 Å². The molecule has 3 nitrogen and oxygen atoms in total. The van der Waals surface area contributed by atoms with Gasteiger partial charge in [-0.1, -0.05) is 44.2 Å². The highest BCUT2D eigenvalue weighted by Gasteiger charge is 2.21. The molecule has 1 aromatic rings. The molecule has 0 radical (unpaired) electrons. The molecule has 0 aliphatic rings. The lowest BCUT2D eigenvalue weighted by Crippen LogP contribution is -2.36. The number of carboxylic acid groups (broad SMARTS) is 1. The second-order valence-corrected chi connectivity index (χ2v) is 4.88. The van der Waals surface area contributed by atoms with Gasteiger partial charge in [0.05, 0.1) is 0 Å². The Bertz CT molecular complexity index is 348. The molecule has 1 rings (SSSR count). The third-order valence-corrected chi connectivity index (χ3v) is 2.66. The van der Waals surface area contributed by atoms with Crippen LogP contribution in [-0.4, -0.2) is 17.1 Å². The molecular weight excluding hydrogens is 214 g/mol. The zero-order chi connectivity index (χ0) is 12.8. The fourth-order valence-corrected chi connectivity index (χ4v) is 2.02. The molecule has 0 aliphatic heterocycles. The second kappa shape index (κ2) is 6.40. The van der Waals surface area contributed by atoms with Crippen molar-refractivity contribution in [2.24, 2.45) is 5.92 Å². The predicted octanol–water partition coefficient (Wildman–Crippen LogP) is 2.84. The van der Waals surface area contributed by atoms with Gasteiger partial charge in [0.1, 0.15) is 6.04 Å². The maximum absolute atomic E-state index is 11.3. The topological polar surface area (TPSA) is 49.3 Å². The van der Waals surface area contributed by atoms with E-state index in [0.717, 1.165) is 12.0 Å². The first-order valence-electron chi connectivity index (χ1n) is 6.04. The maximum atomic E-state index is 11.3. The molecular formula is C14H21NO2. The van der Waals surface area contributed by atoms with Crippen LogP contribution in [0.3, 0.4) is 0 Å². The van der Waals surface area contributed by atoms with E-state index in [-0.39, 0.29) is 6.04 Å². The summed E-state index contributed by atoms with van der Waals surface area (Å²) in [6.07, 6.45) is 0.969. The molecule has 0 amide bonds. The summed E-state index contributed by atoms with van der Waals surface area (Å²) in [5.41, 5.74) is 0.801. The molecule has 17 heavy (non-hydrogen) atoms.